The number of nitro benzene ring substituents is 1. The number of urea groups is 1. The highest BCUT2D eigenvalue weighted by Crippen LogP contribution is 2.38. The molecule has 2 aliphatic heterocycles. The molecule has 146 valence electrons. The first-order valence-electron chi connectivity index (χ1n) is 8.52. The molecule has 2 saturated heterocycles. The third kappa shape index (κ3) is 2.95. The van der Waals surface area contributed by atoms with E-state index in [1.54, 1.807) is 24.3 Å². The molecule has 2 heterocycles. The number of ether oxygens (including phenoxy) is 1. The fourth-order valence-electron chi connectivity index (χ4n) is 3.79. The standard InChI is InChI=1S/C18H17N3O6S/c1-27-15-8-6-13(7-9-15)20-17-11-28(25,26)10-16(17)19(18(20)22)12-2-4-14(5-3-12)21(23)24/h2-9,16-17H,10-11H2,1H3/t16-,17-/m1/s1. The normalized spacial score (nSPS) is 23.0. The summed E-state index contributed by atoms with van der Waals surface area (Å²) >= 11 is 0. The van der Waals surface area contributed by atoms with Crippen LogP contribution in [0.3, 0.4) is 0 Å². The lowest BCUT2D eigenvalue weighted by atomic mass is 10.1. The first-order chi connectivity index (χ1) is 13.3. The maximum atomic E-state index is 13.2. The number of nitrogens with zero attached hydrogens (tertiary/aromatic N) is 3. The zero-order valence-electron chi connectivity index (χ0n) is 14.9. The van der Waals surface area contributed by atoms with Crippen LogP contribution in [-0.4, -0.2) is 50.1 Å². The van der Waals surface area contributed by atoms with Gasteiger partial charge in [0.15, 0.2) is 9.84 Å². The SMILES string of the molecule is COc1ccc(N2C(=O)N(c3ccc([N+](=O)[O-])cc3)[C@@H]3CS(=O)(=O)C[C@H]32)cc1. The molecule has 0 radical (unpaired) electrons. The van der Waals surface area contributed by atoms with Crippen LogP contribution in [0.1, 0.15) is 0 Å². The van der Waals surface area contributed by atoms with Crippen LogP contribution in [0.5, 0.6) is 5.75 Å². The van der Waals surface area contributed by atoms with Gasteiger partial charge in [-0.3, -0.25) is 19.9 Å². The molecular weight excluding hydrogens is 386 g/mol. The molecule has 2 atom stereocenters. The van der Waals surface area contributed by atoms with Crippen molar-refractivity contribution < 1.29 is 22.9 Å². The van der Waals surface area contributed by atoms with Crippen LogP contribution in [0.15, 0.2) is 48.5 Å². The first kappa shape index (κ1) is 18.2. The Morgan fingerprint density at radius 1 is 0.964 bits per heavy atom. The molecule has 2 amide bonds. The largest absolute Gasteiger partial charge is 0.497 e. The van der Waals surface area contributed by atoms with Crippen molar-refractivity contribution in [2.24, 2.45) is 0 Å². The maximum Gasteiger partial charge on any atom is 0.329 e. The molecule has 2 fully saturated rings. The van der Waals surface area contributed by atoms with Gasteiger partial charge in [-0.2, -0.15) is 0 Å². The number of carbonyl (C=O) groups excluding carboxylic acids is 1. The van der Waals surface area contributed by atoms with E-state index in [0.717, 1.165) is 0 Å². The zero-order chi connectivity index (χ0) is 20.1. The molecule has 2 aromatic carbocycles. The van der Waals surface area contributed by atoms with Gasteiger partial charge in [0.2, 0.25) is 0 Å². The van der Waals surface area contributed by atoms with E-state index >= 15 is 0 Å². The summed E-state index contributed by atoms with van der Waals surface area (Å²) in [6.45, 7) is 0. The number of amides is 2. The summed E-state index contributed by atoms with van der Waals surface area (Å²) in [4.78, 5) is 26.5. The van der Waals surface area contributed by atoms with Gasteiger partial charge in [-0.05, 0) is 36.4 Å². The number of sulfone groups is 1. The Bertz CT molecular complexity index is 1040. The van der Waals surface area contributed by atoms with Crippen molar-refractivity contribution in [3.63, 3.8) is 0 Å². The van der Waals surface area contributed by atoms with E-state index in [4.69, 9.17) is 4.74 Å². The molecule has 4 rings (SSSR count). The number of non-ortho nitro benzene ring substituents is 1. The van der Waals surface area contributed by atoms with Crippen LogP contribution in [0.2, 0.25) is 0 Å². The van der Waals surface area contributed by atoms with E-state index < -0.39 is 26.8 Å². The Morgan fingerprint density at radius 2 is 1.43 bits per heavy atom. The molecule has 28 heavy (non-hydrogen) atoms. The minimum atomic E-state index is -3.31. The summed E-state index contributed by atoms with van der Waals surface area (Å²) < 4.78 is 29.7. The summed E-state index contributed by atoms with van der Waals surface area (Å²) in [6.07, 6.45) is 0. The van der Waals surface area contributed by atoms with Crippen molar-refractivity contribution in [2.75, 3.05) is 28.4 Å². The average Bonchev–Trinajstić information content (AvgIpc) is 3.10. The molecular formula is C18H17N3O6S. The molecule has 0 aliphatic carbocycles. The summed E-state index contributed by atoms with van der Waals surface area (Å²) in [5.74, 6) is 0.351. The molecule has 2 aromatic rings. The van der Waals surface area contributed by atoms with Crippen molar-refractivity contribution in [1.82, 2.24) is 0 Å². The van der Waals surface area contributed by atoms with Crippen molar-refractivity contribution >= 4 is 32.9 Å². The summed E-state index contributed by atoms with van der Waals surface area (Å²) in [5.41, 5.74) is 0.902. The molecule has 0 aromatic heterocycles. The number of carbonyl (C=O) groups is 1. The summed E-state index contributed by atoms with van der Waals surface area (Å²) in [6, 6.07) is 10.9. The van der Waals surface area contributed by atoms with Gasteiger partial charge in [0, 0.05) is 23.5 Å². The van der Waals surface area contributed by atoms with Crippen LogP contribution in [0, 0.1) is 10.1 Å². The molecule has 10 heteroatoms. The third-order valence-corrected chi connectivity index (χ3v) is 6.76. The lowest BCUT2D eigenvalue weighted by Gasteiger charge is -2.22. The third-order valence-electron chi connectivity index (χ3n) is 5.06. The summed E-state index contributed by atoms with van der Waals surface area (Å²) in [5, 5.41) is 10.9. The molecule has 2 aliphatic rings. The predicted octanol–water partition coefficient (Wildman–Crippen LogP) is 2.22. The molecule has 0 N–H and O–H groups in total. The van der Waals surface area contributed by atoms with E-state index in [-0.39, 0.29) is 23.2 Å². The molecule has 0 spiro atoms. The first-order valence-corrected chi connectivity index (χ1v) is 10.3. The number of hydrogen-bond donors (Lipinski definition) is 0. The number of methoxy groups -OCH3 is 1. The van der Waals surface area contributed by atoms with Gasteiger partial charge in [0.05, 0.1) is 35.6 Å². The number of hydrogen-bond acceptors (Lipinski definition) is 6. The minimum Gasteiger partial charge on any atom is -0.497 e. The van der Waals surface area contributed by atoms with Crippen molar-refractivity contribution in [3.8, 4) is 5.75 Å². The van der Waals surface area contributed by atoms with Crippen molar-refractivity contribution in [3.05, 3.63) is 58.6 Å². The zero-order valence-corrected chi connectivity index (χ0v) is 15.7. The topological polar surface area (TPSA) is 110 Å². The lowest BCUT2D eigenvalue weighted by molar-refractivity contribution is -0.384. The number of rotatable bonds is 4. The van der Waals surface area contributed by atoms with E-state index in [1.165, 1.54) is 41.2 Å². The number of fused-ring (bicyclic) bond motifs is 1. The summed E-state index contributed by atoms with van der Waals surface area (Å²) in [7, 11) is -1.78. The quantitative estimate of drug-likeness (QED) is 0.440. The van der Waals surface area contributed by atoms with Gasteiger partial charge in [-0.1, -0.05) is 0 Å². The number of anilines is 2. The van der Waals surface area contributed by atoms with Crippen LogP contribution in [0.25, 0.3) is 0 Å². The second-order valence-electron chi connectivity index (χ2n) is 6.71. The Morgan fingerprint density at radius 3 is 1.86 bits per heavy atom. The second-order valence-corrected chi connectivity index (χ2v) is 8.86. The molecule has 0 unspecified atom stereocenters. The van der Waals surface area contributed by atoms with Gasteiger partial charge in [0.25, 0.3) is 5.69 Å². The Kier molecular flexibility index (Phi) is 4.22. The van der Waals surface area contributed by atoms with Gasteiger partial charge in [-0.15, -0.1) is 0 Å². The van der Waals surface area contributed by atoms with E-state index in [2.05, 4.69) is 0 Å². The highest BCUT2D eigenvalue weighted by Gasteiger charge is 2.54. The minimum absolute atomic E-state index is 0.0991. The highest BCUT2D eigenvalue weighted by molar-refractivity contribution is 7.91. The lowest BCUT2D eigenvalue weighted by Crippen LogP contribution is -2.37. The van der Waals surface area contributed by atoms with Crippen molar-refractivity contribution in [1.29, 1.82) is 0 Å². The highest BCUT2D eigenvalue weighted by atomic mass is 32.2. The van der Waals surface area contributed by atoms with Crippen LogP contribution in [0.4, 0.5) is 21.9 Å². The Balaban J connectivity index is 1.74. The van der Waals surface area contributed by atoms with Gasteiger partial charge in [0.1, 0.15) is 5.75 Å². The fourth-order valence-corrected chi connectivity index (χ4v) is 5.70. The number of nitro groups is 1. The predicted molar refractivity (Wildman–Crippen MR) is 103 cm³/mol. The van der Waals surface area contributed by atoms with E-state index in [1.807, 2.05) is 0 Å². The fraction of sp³-hybridized carbons (Fsp3) is 0.278. The van der Waals surface area contributed by atoms with E-state index in [9.17, 15) is 23.3 Å². The monoisotopic (exact) mass is 403 g/mol. The molecule has 0 bridgehead atoms. The second kappa shape index (κ2) is 6.48. The van der Waals surface area contributed by atoms with Crippen molar-refractivity contribution in [2.45, 2.75) is 12.1 Å². The Hall–Kier alpha value is -3.14. The molecule has 0 saturated carbocycles. The smallest absolute Gasteiger partial charge is 0.329 e. The van der Waals surface area contributed by atoms with Crippen LogP contribution < -0.4 is 14.5 Å². The van der Waals surface area contributed by atoms with Gasteiger partial charge in [-0.25, -0.2) is 13.2 Å². The van der Waals surface area contributed by atoms with Crippen LogP contribution in [-0.2, 0) is 9.84 Å². The molecule has 9 nitrogen and oxygen atoms in total. The van der Waals surface area contributed by atoms with Gasteiger partial charge >= 0.3 is 6.03 Å². The van der Waals surface area contributed by atoms with Crippen LogP contribution >= 0.6 is 0 Å². The number of benzene rings is 2. The average molecular weight is 403 g/mol. The Labute approximate surface area is 161 Å². The van der Waals surface area contributed by atoms with Gasteiger partial charge < -0.3 is 4.74 Å². The maximum absolute atomic E-state index is 13.2. The van der Waals surface area contributed by atoms with E-state index in [0.29, 0.717) is 17.1 Å².